The van der Waals surface area contributed by atoms with Crippen molar-refractivity contribution < 1.29 is 9.72 Å². The fourth-order valence-electron chi connectivity index (χ4n) is 2.02. The van der Waals surface area contributed by atoms with Gasteiger partial charge in [0.2, 0.25) is 0 Å². The molecule has 0 saturated carbocycles. The van der Waals surface area contributed by atoms with Crippen LogP contribution in [0.25, 0.3) is 0 Å². The second-order valence-electron chi connectivity index (χ2n) is 5.02. The van der Waals surface area contributed by atoms with E-state index in [0.717, 1.165) is 4.88 Å². The summed E-state index contributed by atoms with van der Waals surface area (Å²) in [5, 5.41) is 15.7. The lowest BCUT2D eigenvalue weighted by molar-refractivity contribution is -0.384. The minimum absolute atomic E-state index is 0.0835. The Labute approximate surface area is 126 Å². The van der Waals surface area contributed by atoms with Gasteiger partial charge in [0.25, 0.3) is 11.6 Å². The van der Waals surface area contributed by atoms with Crippen molar-refractivity contribution >= 4 is 22.9 Å². The summed E-state index contributed by atoms with van der Waals surface area (Å²) >= 11 is 1.58. The van der Waals surface area contributed by atoms with Gasteiger partial charge < -0.3 is 5.32 Å². The van der Waals surface area contributed by atoms with Crippen molar-refractivity contribution in [1.29, 1.82) is 0 Å². The van der Waals surface area contributed by atoms with Crippen LogP contribution in [0.15, 0.2) is 41.8 Å². The number of thiophene rings is 1. The van der Waals surface area contributed by atoms with Crippen LogP contribution in [0.4, 0.5) is 5.69 Å². The molecule has 110 valence electrons. The number of nitro groups is 1. The van der Waals surface area contributed by atoms with Crippen molar-refractivity contribution in [3.63, 3.8) is 0 Å². The third-order valence-electron chi connectivity index (χ3n) is 3.12. The van der Waals surface area contributed by atoms with Crippen molar-refractivity contribution in [3.05, 3.63) is 62.3 Å². The molecule has 0 radical (unpaired) electrons. The van der Waals surface area contributed by atoms with E-state index in [4.69, 9.17) is 0 Å². The standard InChI is InChI=1S/C15H16N2O3S/c1-10(2)14(13-7-4-8-21-13)16-15(18)11-5-3-6-12(9-11)17(19)20/h3-10,14H,1-2H3,(H,16,18)/t14-/m0/s1. The van der Waals surface area contributed by atoms with Crippen LogP contribution >= 0.6 is 11.3 Å². The first-order chi connectivity index (χ1) is 9.99. The molecule has 1 N–H and O–H groups in total. The third kappa shape index (κ3) is 3.66. The quantitative estimate of drug-likeness (QED) is 0.675. The molecule has 6 heteroatoms. The highest BCUT2D eigenvalue weighted by Gasteiger charge is 2.20. The molecule has 0 aliphatic carbocycles. The van der Waals surface area contributed by atoms with Crippen molar-refractivity contribution in [2.75, 3.05) is 0 Å². The summed E-state index contributed by atoms with van der Waals surface area (Å²) in [6.07, 6.45) is 0. The molecule has 21 heavy (non-hydrogen) atoms. The molecular formula is C15H16N2O3S. The van der Waals surface area contributed by atoms with E-state index in [-0.39, 0.29) is 23.6 Å². The molecular weight excluding hydrogens is 288 g/mol. The minimum Gasteiger partial charge on any atom is -0.344 e. The van der Waals surface area contributed by atoms with Gasteiger partial charge in [-0.2, -0.15) is 0 Å². The Hall–Kier alpha value is -2.21. The summed E-state index contributed by atoms with van der Waals surface area (Å²) in [5.74, 6) is -0.0721. The second-order valence-corrected chi connectivity index (χ2v) is 6.00. The Morgan fingerprint density at radius 3 is 2.62 bits per heavy atom. The second kappa shape index (κ2) is 6.49. The van der Waals surface area contributed by atoms with Gasteiger partial charge in [-0.25, -0.2) is 0 Å². The Kier molecular flexibility index (Phi) is 4.70. The molecule has 1 atom stereocenters. The number of amides is 1. The predicted octanol–water partition coefficient (Wildman–Crippen LogP) is 3.78. The highest BCUT2D eigenvalue weighted by molar-refractivity contribution is 7.10. The maximum atomic E-state index is 12.3. The first-order valence-electron chi connectivity index (χ1n) is 6.57. The van der Waals surface area contributed by atoms with Gasteiger partial charge in [0, 0.05) is 22.6 Å². The van der Waals surface area contributed by atoms with Gasteiger partial charge in [-0.3, -0.25) is 14.9 Å². The van der Waals surface area contributed by atoms with Crippen LogP contribution in [0.3, 0.4) is 0 Å². The number of rotatable bonds is 5. The number of nitro benzene ring substituents is 1. The molecule has 0 fully saturated rings. The molecule has 0 aliphatic heterocycles. The third-order valence-corrected chi connectivity index (χ3v) is 4.08. The van der Waals surface area contributed by atoms with E-state index < -0.39 is 4.92 Å². The number of carbonyl (C=O) groups excluding carboxylic acids is 1. The van der Waals surface area contributed by atoms with E-state index >= 15 is 0 Å². The average Bonchev–Trinajstić information content (AvgIpc) is 2.98. The van der Waals surface area contributed by atoms with Gasteiger partial charge in [0.1, 0.15) is 0 Å². The lowest BCUT2D eigenvalue weighted by Gasteiger charge is -2.21. The van der Waals surface area contributed by atoms with E-state index in [1.54, 1.807) is 17.4 Å². The van der Waals surface area contributed by atoms with Crippen LogP contribution in [-0.2, 0) is 0 Å². The Morgan fingerprint density at radius 1 is 1.29 bits per heavy atom. The maximum absolute atomic E-state index is 12.3. The van der Waals surface area contributed by atoms with Gasteiger partial charge in [-0.15, -0.1) is 11.3 Å². The van der Waals surface area contributed by atoms with E-state index in [1.165, 1.54) is 18.2 Å². The van der Waals surface area contributed by atoms with Gasteiger partial charge >= 0.3 is 0 Å². The zero-order valence-electron chi connectivity index (χ0n) is 11.8. The molecule has 2 aromatic rings. The summed E-state index contributed by atoms with van der Waals surface area (Å²) in [6, 6.07) is 9.57. The van der Waals surface area contributed by atoms with E-state index in [1.807, 2.05) is 31.4 Å². The molecule has 0 aliphatic rings. The van der Waals surface area contributed by atoms with E-state index in [2.05, 4.69) is 5.32 Å². The largest absolute Gasteiger partial charge is 0.344 e. The number of hydrogen-bond donors (Lipinski definition) is 1. The van der Waals surface area contributed by atoms with Gasteiger partial charge in [-0.05, 0) is 23.4 Å². The topological polar surface area (TPSA) is 72.2 Å². The van der Waals surface area contributed by atoms with Gasteiger partial charge in [0.15, 0.2) is 0 Å². The van der Waals surface area contributed by atoms with Crippen LogP contribution in [-0.4, -0.2) is 10.8 Å². The first kappa shape index (κ1) is 15.2. The molecule has 1 aromatic heterocycles. The summed E-state index contributed by atoms with van der Waals surface area (Å²) in [7, 11) is 0. The SMILES string of the molecule is CC(C)[C@H](NC(=O)c1cccc([N+](=O)[O-])c1)c1cccs1. The lowest BCUT2D eigenvalue weighted by atomic mass is 10.0. The molecule has 0 saturated heterocycles. The number of benzene rings is 1. The smallest absolute Gasteiger partial charge is 0.270 e. The number of non-ortho nitro benzene ring substituents is 1. The number of nitrogens with zero attached hydrogens (tertiary/aromatic N) is 1. The van der Waals surface area contributed by atoms with Crippen LogP contribution in [0.5, 0.6) is 0 Å². The van der Waals surface area contributed by atoms with Crippen molar-refractivity contribution in [2.24, 2.45) is 5.92 Å². The normalized spacial score (nSPS) is 12.1. The van der Waals surface area contributed by atoms with E-state index in [0.29, 0.717) is 5.56 Å². The number of hydrogen-bond acceptors (Lipinski definition) is 4. The van der Waals surface area contributed by atoms with Crippen molar-refractivity contribution in [1.82, 2.24) is 5.32 Å². The highest BCUT2D eigenvalue weighted by Crippen LogP contribution is 2.26. The number of carbonyl (C=O) groups is 1. The van der Waals surface area contributed by atoms with Crippen LogP contribution < -0.4 is 5.32 Å². The molecule has 1 heterocycles. The minimum atomic E-state index is -0.504. The van der Waals surface area contributed by atoms with Crippen molar-refractivity contribution in [3.8, 4) is 0 Å². The molecule has 1 aromatic carbocycles. The average molecular weight is 304 g/mol. The van der Waals surface area contributed by atoms with Crippen LogP contribution in [0.2, 0.25) is 0 Å². The molecule has 1 amide bonds. The molecule has 0 spiro atoms. The summed E-state index contributed by atoms with van der Waals surface area (Å²) in [5.41, 5.74) is 0.214. The molecule has 0 bridgehead atoms. The van der Waals surface area contributed by atoms with Gasteiger partial charge in [-0.1, -0.05) is 26.0 Å². The van der Waals surface area contributed by atoms with Crippen LogP contribution in [0.1, 0.15) is 35.1 Å². The Morgan fingerprint density at radius 2 is 2.05 bits per heavy atom. The predicted molar refractivity (Wildman–Crippen MR) is 82.5 cm³/mol. The summed E-state index contributed by atoms with van der Waals surface area (Å²) in [6.45, 7) is 4.05. The highest BCUT2D eigenvalue weighted by atomic mass is 32.1. The fourth-order valence-corrected chi connectivity index (χ4v) is 2.97. The lowest BCUT2D eigenvalue weighted by Crippen LogP contribution is -2.31. The maximum Gasteiger partial charge on any atom is 0.270 e. The van der Waals surface area contributed by atoms with Crippen molar-refractivity contribution in [2.45, 2.75) is 19.9 Å². The Balaban J connectivity index is 2.20. The fraction of sp³-hybridized carbons (Fsp3) is 0.267. The number of nitrogens with one attached hydrogen (secondary N) is 1. The van der Waals surface area contributed by atoms with E-state index in [9.17, 15) is 14.9 Å². The zero-order valence-corrected chi connectivity index (χ0v) is 12.6. The summed E-state index contributed by atoms with van der Waals surface area (Å²) < 4.78 is 0. The Bertz CT molecular complexity index is 638. The first-order valence-corrected chi connectivity index (χ1v) is 7.45. The van der Waals surface area contributed by atoms with Gasteiger partial charge in [0.05, 0.1) is 11.0 Å². The monoisotopic (exact) mass is 304 g/mol. The molecule has 2 rings (SSSR count). The van der Waals surface area contributed by atoms with Crippen LogP contribution in [0, 0.1) is 16.0 Å². The summed E-state index contributed by atoms with van der Waals surface area (Å²) in [4.78, 5) is 23.6. The molecule has 5 nitrogen and oxygen atoms in total. The molecule has 0 unspecified atom stereocenters. The zero-order chi connectivity index (χ0) is 15.4.